The van der Waals surface area contributed by atoms with E-state index < -0.39 is 0 Å². The highest BCUT2D eigenvalue weighted by Crippen LogP contribution is 2.14. The molecule has 0 fully saturated rings. The van der Waals surface area contributed by atoms with E-state index in [1.807, 2.05) is 28.7 Å². The quantitative estimate of drug-likeness (QED) is 0.868. The summed E-state index contributed by atoms with van der Waals surface area (Å²) in [5.41, 5.74) is 4.66. The smallest absolute Gasteiger partial charge is 0.0853 e. The van der Waals surface area contributed by atoms with E-state index in [-0.39, 0.29) is 0 Å². The predicted octanol–water partition coefficient (Wildman–Crippen LogP) is 1.39. The van der Waals surface area contributed by atoms with Gasteiger partial charge in [-0.3, -0.25) is 9.36 Å². The first kappa shape index (κ1) is 12.8. The first-order chi connectivity index (χ1) is 8.61. The Bertz CT molecular complexity index is 523. The Morgan fingerprint density at radius 2 is 2.06 bits per heavy atom. The minimum absolute atomic E-state index is 0.736. The predicted molar refractivity (Wildman–Crippen MR) is 71.4 cm³/mol. The van der Waals surface area contributed by atoms with Crippen LogP contribution in [0.4, 0.5) is 0 Å². The number of aryl methyl sites for hydroxylation is 2. The zero-order chi connectivity index (χ0) is 13.1. The molecule has 1 N–H and O–H groups in total. The fraction of sp³-hybridized carbons (Fsp3) is 0.538. The molecule has 2 aromatic rings. The maximum Gasteiger partial charge on any atom is 0.0853 e. The van der Waals surface area contributed by atoms with E-state index >= 15 is 0 Å². The number of hydrogen-bond acceptors (Lipinski definition) is 3. The Balaban J connectivity index is 2.18. The van der Waals surface area contributed by atoms with Crippen molar-refractivity contribution in [2.75, 3.05) is 6.54 Å². The van der Waals surface area contributed by atoms with Crippen LogP contribution in [-0.2, 0) is 20.1 Å². The molecule has 0 saturated heterocycles. The van der Waals surface area contributed by atoms with Crippen LogP contribution < -0.4 is 5.32 Å². The van der Waals surface area contributed by atoms with Crippen LogP contribution in [-0.4, -0.2) is 26.1 Å². The summed E-state index contributed by atoms with van der Waals surface area (Å²) < 4.78 is 3.85. The number of rotatable bonds is 5. The van der Waals surface area contributed by atoms with Gasteiger partial charge in [-0.15, -0.1) is 0 Å². The van der Waals surface area contributed by atoms with Crippen molar-refractivity contribution < 1.29 is 0 Å². The van der Waals surface area contributed by atoms with Gasteiger partial charge in [0, 0.05) is 31.0 Å². The van der Waals surface area contributed by atoms with E-state index in [1.165, 1.54) is 11.3 Å². The summed E-state index contributed by atoms with van der Waals surface area (Å²) in [6.45, 7) is 8.90. The third kappa shape index (κ3) is 2.61. The highest BCUT2D eigenvalue weighted by atomic mass is 15.3. The Morgan fingerprint density at radius 3 is 2.67 bits per heavy atom. The lowest BCUT2D eigenvalue weighted by Crippen LogP contribution is -2.13. The summed E-state index contributed by atoms with van der Waals surface area (Å²) in [6, 6.07) is 2.03. The molecule has 0 aliphatic rings. The number of aromatic nitrogens is 4. The second kappa shape index (κ2) is 5.35. The van der Waals surface area contributed by atoms with Crippen LogP contribution in [0.1, 0.15) is 29.6 Å². The Labute approximate surface area is 108 Å². The van der Waals surface area contributed by atoms with Gasteiger partial charge in [0.2, 0.25) is 0 Å². The molecule has 0 unspecified atom stereocenters. The van der Waals surface area contributed by atoms with Crippen LogP contribution >= 0.6 is 0 Å². The number of hydrogen-bond donors (Lipinski definition) is 1. The second-order valence-corrected chi connectivity index (χ2v) is 4.57. The lowest BCUT2D eigenvalue weighted by Gasteiger charge is -2.04. The molecule has 0 aliphatic heterocycles. The highest BCUT2D eigenvalue weighted by Gasteiger charge is 2.11. The Kier molecular flexibility index (Phi) is 3.81. The van der Waals surface area contributed by atoms with Gasteiger partial charge in [0.15, 0.2) is 0 Å². The first-order valence-electron chi connectivity index (χ1n) is 6.34. The van der Waals surface area contributed by atoms with Gasteiger partial charge in [-0.1, -0.05) is 6.92 Å². The van der Waals surface area contributed by atoms with E-state index in [0.29, 0.717) is 0 Å². The van der Waals surface area contributed by atoms with Crippen molar-refractivity contribution in [1.82, 2.24) is 24.9 Å². The summed E-state index contributed by atoms with van der Waals surface area (Å²) in [7, 11) is 1.93. The van der Waals surface area contributed by atoms with Gasteiger partial charge < -0.3 is 5.32 Å². The monoisotopic (exact) mass is 247 g/mol. The van der Waals surface area contributed by atoms with Crippen LogP contribution in [0, 0.1) is 13.8 Å². The Hall–Kier alpha value is -1.62. The fourth-order valence-corrected chi connectivity index (χ4v) is 2.09. The first-order valence-corrected chi connectivity index (χ1v) is 6.34. The van der Waals surface area contributed by atoms with Crippen molar-refractivity contribution in [2.45, 2.75) is 33.9 Å². The maximum absolute atomic E-state index is 4.60. The average molecular weight is 247 g/mol. The van der Waals surface area contributed by atoms with Gasteiger partial charge in [-0.05, 0) is 26.5 Å². The van der Waals surface area contributed by atoms with Gasteiger partial charge in [0.25, 0.3) is 0 Å². The minimum atomic E-state index is 0.736. The fourth-order valence-electron chi connectivity index (χ4n) is 2.09. The molecule has 18 heavy (non-hydrogen) atoms. The van der Waals surface area contributed by atoms with Crippen LogP contribution in [0.5, 0.6) is 0 Å². The molecule has 2 heterocycles. The van der Waals surface area contributed by atoms with Crippen molar-refractivity contribution in [3.05, 3.63) is 34.9 Å². The highest BCUT2D eigenvalue weighted by molar-refractivity contribution is 5.25. The molecule has 0 amide bonds. The van der Waals surface area contributed by atoms with Gasteiger partial charge in [0.05, 0.1) is 17.9 Å². The number of nitrogens with one attached hydrogen (secondary N) is 1. The van der Waals surface area contributed by atoms with Crippen molar-refractivity contribution in [3.63, 3.8) is 0 Å². The number of nitrogens with zero attached hydrogens (tertiary/aromatic N) is 4. The molecule has 2 aromatic heterocycles. The van der Waals surface area contributed by atoms with Crippen LogP contribution in [0.15, 0.2) is 12.3 Å². The minimum Gasteiger partial charge on any atom is -0.313 e. The third-order valence-electron chi connectivity index (χ3n) is 3.16. The van der Waals surface area contributed by atoms with E-state index in [0.717, 1.165) is 31.0 Å². The summed E-state index contributed by atoms with van der Waals surface area (Å²) in [5.74, 6) is 0. The molecule has 2 rings (SSSR count). The van der Waals surface area contributed by atoms with E-state index in [2.05, 4.69) is 36.3 Å². The van der Waals surface area contributed by atoms with Crippen molar-refractivity contribution in [1.29, 1.82) is 0 Å². The van der Waals surface area contributed by atoms with Gasteiger partial charge in [-0.25, -0.2) is 0 Å². The molecule has 0 aromatic carbocycles. The second-order valence-electron chi connectivity index (χ2n) is 4.57. The van der Waals surface area contributed by atoms with Gasteiger partial charge >= 0.3 is 0 Å². The zero-order valence-corrected chi connectivity index (χ0v) is 11.6. The SMILES string of the molecule is CCNCc1c(C)nn(Cc2ccn(C)n2)c1C. The topological polar surface area (TPSA) is 47.7 Å². The molecule has 0 saturated carbocycles. The molecule has 5 nitrogen and oxygen atoms in total. The molecule has 0 atom stereocenters. The van der Waals surface area contributed by atoms with Crippen molar-refractivity contribution in [2.24, 2.45) is 7.05 Å². The van der Waals surface area contributed by atoms with Crippen molar-refractivity contribution >= 4 is 0 Å². The molecule has 0 radical (unpaired) electrons. The molecule has 0 aliphatic carbocycles. The molecule has 0 spiro atoms. The lowest BCUT2D eigenvalue weighted by molar-refractivity contribution is 0.628. The molecular formula is C13H21N5. The van der Waals surface area contributed by atoms with Gasteiger partial charge in [0.1, 0.15) is 0 Å². The average Bonchev–Trinajstić information content (AvgIpc) is 2.84. The molecule has 5 heteroatoms. The summed E-state index contributed by atoms with van der Waals surface area (Å²) in [5, 5.41) is 12.3. The standard InChI is InChI=1S/C13H21N5/c1-5-14-8-13-10(2)15-18(11(13)3)9-12-6-7-17(4)16-12/h6-7,14H,5,8-9H2,1-4H3. The van der Waals surface area contributed by atoms with E-state index in [4.69, 9.17) is 0 Å². The van der Waals surface area contributed by atoms with Crippen molar-refractivity contribution in [3.8, 4) is 0 Å². The normalized spacial score (nSPS) is 11.1. The summed E-state index contributed by atoms with van der Waals surface area (Å²) >= 11 is 0. The molecule has 98 valence electrons. The van der Waals surface area contributed by atoms with E-state index in [9.17, 15) is 0 Å². The maximum atomic E-state index is 4.60. The summed E-state index contributed by atoms with van der Waals surface area (Å²) in [6.07, 6.45) is 1.96. The summed E-state index contributed by atoms with van der Waals surface area (Å²) in [4.78, 5) is 0. The third-order valence-corrected chi connectivity index (χ3v) is 3.16. The molecular weight excluding hydrogens is 226 g/mol. The zero-order valence-electron chi connectivity index (χ0n) is 11.6. The Morgan fingerprint density at radius 1 is 1.28 bits per heavy atom. The van der Waals surface area contributed by atoms with Crippen LogP contribution in [0.2, 0.25) is 0 Å². The van der Waals surface area contributed by atoms with Crippen LogP contribution in [0.3, 0.4) is 0 Å². The molecule has 0 bridgehead atoms. The van der Waals surface area contributed by atoms with E-state index in [1.54, 1.807) is 0 Å². The van der Waals surface area contributed by atoms with Crippen LogP contribution in [0.25, 0.3) is 0 Å². The largest absolute Gasteiger partial charge is 0.313 e. The lowest BCUT2D eigenvalue weighted by atomic mass is 10.2. The van der Waals surface area contributed by atoms with Gasteiger partial charge in [-0.2, -0.15) is 10.2 Å².